The Morgan fingerprint density at radius 2 is 1.69 bits per heavy atom. The molecule has 0 aliphatic carbocycles. The number of aromatic hydroxyl groups is 1. The lowest BCUT2D eigenvalue weighted by Crippen LogP contribution is -2.05. The third-order valence-corrected chi connectivity index (χ3v) is 5.02. The van der Waals surface area contributed by atoms with Crippen LogP contribution in [-0.4, -0.2) is 20.9 Å². The average Bonchev–Trinajstić information content (AvgIpc) is 3.16. The van der Waals surface area contributed by atoms with Gasteiger partial charge in [0.05, 0.1) is 16.0 Å². The fraction of sp³-hybridized carbons (Fsp3) is 0.0435. The van der Waals surface area contributed by atoms with Gasteiger partial charge in [-0.3, -0.25) is 20.2 Å². The summed E-state index contributed by atoms with van der Waals surface area (Å²) in [5.74, 6) is -0.297. The lowest BCUT2D eigenvalue weighted by molar-refractivity contribution is -0.384. The molecule has 0 aliphatic rings. The Balaban J connectivity index is 1.88. The van der Waals surface area contributed by atoms with Gasteiger partial charge in [0.25, 0.3) is 5.69 Å². The highest BCUT2D eigenvalue weighted by molar-refractivity contribution is 6.33. The number of hydrogen-bond acceptors (Lipinski definition) is 6. The summed E-state index contributed by atoms with van der Waals surface area (Å²) in [7, 11) is 0. The number of aromatic nitrogens is 1. The summed E-state index contributed by atoms with van der Waals surface area (Å²) in [5, 5.41) is 24.5. The molecule has 1 heterocycles. The van der Waals surface area contributed by atoms with Crippen molar-refractivity contribution in [2.24, 2.45) is 0 Å². The predicted molar refractivity (Wildman–Crippen MR) is 120 cm³/mol. The van der Waals surface area contributed by atoms with Crippen LogP contribution in [0.1, 0.15) is 6.92 Å². The van der Waals surface area contributed by atoms with Crippen LogP contribution in [0.2, 0.25) is 5.02 Å². The van der Waals surface area contributed by atoms with Crippen molar-refractivity contribution in [3.05, 3.63) is 81.9 Å². The van der Waals surface area contributed by atoms with Gasteiger partial charge in [-0.1, -0.05) is 48.0 Å². The van der Waals surface area contributed by atoms with Crippen LogP contribution in [0.25, 0.3) is 33.8 Å². The molecule has 0 saturated carbocycles. The van der Waals surface area contributed by atoms with Crippen molar-refractivity contribution in [1.29, 1.82) is 0 Å². The normalized spacial score (nSPS) is 10.7. The number of phenols is 1. The summed E-state index contributed by atoms with van der Waals surface area (Å²) in [6, 6.07) is 17.8. The molecule has 0 fully saturated rings. The molecular weight excluding hydrogens is 434 g/mol. The van der Waals surface area contributed by atoms with Crippen molar-refractivity contribution < 1.29 is 19.2 Å². The highest BCUT2D eigenvalue weighted by atomic mass is 35.5. The Hall–Kier alpha value is -4.17. The minimum atomic E-state index is -0.584. The number of carbonyl (C=O) groups excluding carboxylic acids is 1. The van der Waals surface area contributed by atoms with Gasteiger partial charge in [0.1, 0.15) is 11.4 Å². The maximum atomic E-state index is 11.7. The maximum absolute atomic E-state index is 11.7. The number of amides is 1. The second-order valence-corrected chi connectivity index (χ2v) is 7.27. The fourth-order valence-corrected chi connectivity index (χ4v) is 3.51. The van der Waals surface area contributed by atoms with Gasteiger partial charge in [-0.2, -0.15) is 0 Å². The van der Waals surface area contributed by atoms with E-state index in [0.29, 0.717) is 33.0 Å². The number of phenolic OH excluding ortho intramolecular Hbond substituents is 1. The van der Waals surface area contributed by atoms with Gasteiger partial charge in [0, 0.05) is 29.7 Å². The monoisotopic (exact) mass is 449 g/mol. The second-order valence-electron chi connectivity index (χ2n) is 6.86. The van der Waals surface area contributed by atoms with E-state index in [0.717, 1.165) is 6.07 Å². The average molecular weight is 450 g/mol. The minimum absolute atomic E-state index is 0.128. The largest absolute Gasteiger partial charge is 0.507 e. The number of nitrogens with zero attached hydrogens (tertiary/aromatic N) is 2. The van der Waals surface area contributed by atoms with E-state index in [1.807, 2.05) is 0 Å². The van der Waals surface area contributed by atoms with Gasteiger partial charge in [0.15, 0.2) is 0 Å². The Morgan fingerprint density at radius 1 is 1.03 bits per heavy atom. The zero-order valence-corrected chi connectivity index (χ0v) is 17.5. The van der Waals surface area contributed by atoms with Crippen molar-refractivity contribution in [2.45, 2.75) is 6.92 Å². The molecule has 0 bridgehead atoms. The van der Waals surface area contributed by atoms with E-state index < -0.39 is 4.92 Å². The summed E-state index contributed by atoms with van der Waals surface area (Å²) in [6.45, 7) is 1.35. The van der Waals surface area contributed by atoms with E-state index in [4.69, 9.17) is 16.0 Å². The van der Waals surface area contributed by atoms with Crippen LogP contribution in [0, 0.1) is 10.1 Å². The first-order valence-corrected chi connectivity index (χ1v) is 9.83. The van der Waals surface area contributed by atoms with E-state index in [-0.39, 0.29) is 29.1 Å². The standard InChI is InChI=1S/C23H16ClN3O5/c1-13(28)25-23-21(18-8-4-5-9-19(18)24)26-22(32-23)17-7-3-2-6-15(17)16-11-10-14(27(30)31)12-20(16)29/h2-12,29H,1H3,(H,25,28). The van der Waals surface area contributed by atoms with E-state index in [1.54, 1.807) is 48.5 Å². The maximum Gasteiger partial charge on any atom is 0.273 e. The Morgan fingerprint density at radius 3 is 2.31 bits per heavy atom. The second kappa shape index (κ2) is 8.52. The topological polar surface area (TPSA) is 118 Å². The van der Waals surface area contributed by atoms with E-state index in [2.05, 4.69) is 10.3 Å². The van der Waals surface area contributed by atoms with Crippen LogP contribution in [0.15, 0.2) is 71.1 Å². The van der Waals surface area contributed by atoms with E-state index >= 15 is 0 Å². The summed E-state index contributed by atoms with van der Waals surface area (Å²) in [4.78, 5) is 26.7. The van der Waals surface area contributed by atoms with Crippen molar-refractivity contribution >= 4 is 29.1 Å². The van der Waals surface area contributed by atoms with Crippen LogP contribution >= 0.6 is 11.6 Å². The molecule has 4 aromatic rings. The van der Waals surface area contributed by atoms with Gasteiger partial charge in [0.2, 0.25) is 17.7 Å². The van der Waals surface area contributed by atoms with Crippen molar-refractivity contribution in [3.8, 4) is 39.6 Å². The molecule has 8 nitrogen and oxygen atoms in total. The summed E-state index contributed by atoms with van der Waals surface area (Å²) >= 11 is 6.33. The zero-order valence-electron chi connectivity index (χ0n) is 16.7. The Labute approximate surface area is 187 Å². The van der Waals surface area contributed by atoms with Crippen LogP contribution in [-0.2, 0) is 4.79 Å². The van der Waals surface area contributed by atoms with Crippen molar-refractivity contribution in [3.63, 3.8) is 0 Å². The lowest BCUT2D eigenvalue weighted by atomic mass is 9.98. The lowest BCUT2D eigenvalue weighted by Gasteiger charge is -2.08. The summed E-state index contributed by atoms with van der Waals surface area (Å²) in [6.07, 6.45) is 0. The number of carbonyl (C=O) groups is 1. The number of rotatable bonds is 5. The molecule has 4 rings (SSSR count). The number of anilines is 1. The van der Waals surface area contributed by atoms with Gasteiger partial charge in [-0.15, -0.1) is 0 Å². The molecule has 0 saturated heterocycles. The molecular formula is C23H16ClN3O5. The molecule has 3 aromatic carbocycles. The zero-order chi connectivity index (χ0) is 22.8. The fourth-order valence-electron chi connectivity index (χ4n) is 3.28. The molecule has 160 valence electrons. The highest BCUT2D eigenvalue weighted by Gasteiger charge is 2.22. The van der Waals surface area contributed by atoms with Gasteiger partial charge >= 0.3 is 0 Å². The smallest absolute Gasteiger partial charge is 0.273 e. The third-order valence-electron chi connectivity index (χ3n) is 4.69. The van der Waals surface area contributed by atoms with E-state index in [1.165, 1.54) is 19.1 Å². The molecule has 0 atom stereocenters. The number of non-ortho nitro benzene ring substituents is 1. The first kappa shape index (κ1) is 21.1. The number of benzene rings is 3. The van der Waals surface area contributed by atoms with Crippen LogP contribution in [0.5, 0.6) is 5.75 Å². The predicted octanol–water partition coefficient (Wildman–Crippen LogP) is 5.90. The molecule has 32 heavy (non-hydrogen) atoms. The van der Waals surface area contributed by atoms with Crippen molar-refractivity contribution in [1.82, 2.24) is 4.98 Å². The van der Waals surface area contributed by atoms with Crippen LogP contribution in [0.4, 0.5) is 11.6 Å². The molecule has 1 aromatic heterocycles. The number of halogens is 1. The molecule has 2 N–H and O–H groups in total. The van der Waals surface area contributed by atoms with Gasteiger partial charge in [-0.05, 0) is 23.8 Å². The minimum Gasteiger partial charge on any atom is -0.507 e. The first-order chi connectivity index (χ1) is 15.3. The SMILES string of the molecule is CC(=O)Nc1oc(-c2ccccc2-c2ccc([N+](=O)[O-])cc2O)nc1-c1ccccc1Cl. The molecule has 0 unspecified atom stereocenters. The summed E-state index contributed by atoms with van der Waals surface area (Å²) in [5.41, 5.74) is 2.12. The van der Waals surface area contributed by atoms with Crippen LogP contribution < -0.4 is 5.32 Å². The summed E-state index contributed by atoms with van der Waals surface area (Å²) < 4.78 is 5.89. The number of nitrogens with one attached hydrogen (secondary N) is 1. The Bertz CT molecular complexity index is 1350. The van der Waals surface area contributed by atoms with Crippen LogP contribution in [0.3, 0.4) is 0 Å². The highest BCUT2D eigenvalue weighted by Crippen LogP contribution is 2.41. The Kier molecular flexibility index (Phi) is 5.61. The number of hydrogen-bond donors (Lipinski definition) is 2. The molecule has 0 spiro atoms. The molecule has 0 aliphatic heterocycles. The molecule has 9 heteroatoms. The number of nitro benzene ring substituents is 1. The third kappa shape index (κ3) is 4.03. The van der Waals surface area contributed by atoms with Gasteiger partial charge < -0.3 is 9.52 Å². The molecule has 1 amide bonds. The van der Waals surface area contributed by atoms with E-state index in [9.17, 15) is 20.0 Å². The number of nitro groups is 1. The first-order valence-electron chi connectivity index (χ1n) is 9.45. The quantitative estimate of drug-likeness (QED) is 0.289. The number of oxazole rings is 1. The van der Waals surface area contributed by atoms with Gasteiger partial charge in [-0.25, -0.2) is 4.98 Å². The van der Waals surface area contributed by atoms with Crippen molar-refractivity contribution in [2.75, 3.05) is 5.32 Å². The molecule has 0 radical (unpaired) electrons.